The fraction of sp³-hybridized carbons (Fsp3) is 0.333. The van der Waals surface area contributed by atoms with Crippen molar-refractivity contribution in [3.05, 3.63) is 60.7 Å². The summed E-state index contributed by atoms with van der Waals surface area (Å²) in [4.78, 5) is 20.7. The van der Waals surface area contributed by atoms with Gasteiger partial charge in [-0.2, -0.15) is 10.2 Å². The van der Waals surface area contributed by atoms with Gasteiger partial charge in [-0.25, -0.2) is 4.68 Å². The molecule has 156 valence electrons. The molecule has 0 atom stereocenters. The van der Waals surface area contributed by atoms with E-state index in [0.29, 0.717) is 13.1 Å². The number of aryl methyl sites for hydroxylation is 1. The summed E-state index contributed by atoms with van der Waals surface area (Å²) in [6.45, 7) is 2.37. The third kappa shape index (κ3) is 4.35. The highest BCUT2D eigenvalue weighted by molar-refractivity contribution is 5.98. The fourth-order valence-electron chi connectivity index (χ4n) is 3.56. The maximum atomic E-state index is 12.6. The molecule has 9 nitrogen and oxygen atoms in total. The molecule has 1 amide bonds. The van der Waals surface area contributed by atoms with Gasteiger partial charge in [-0.3, -0.25) is 14.5 Å². The number of carbonyl (C=O) groups is 1. The summed E-state index contributed by atoms with van der Waals surface area (Å²) >= 11 is 0. The van der Waals surface area contributed by atoms with Gasteiger partial charge >= 0.3 is 0 Å². The lowest BCUT2D eigenvalue weighted by atomic mass is 10.1. The highest BCUT2D eigenvalue weighted by atomic mass is 16.2. The Morgan fingerprint density at radius 1 is 1.17 bits per heavy atom. The minimum Gasteiger partial charge on any atom is -0.356 e. The maximum absolute atomic E-state index is 12.6. The van der Waals surface area contributed by atoms with E-state index in [2.05, 4.69) is 44.8 Å². The van der Waals surface area contributed by atoms with E-state index in [4.69, 9.17) is 0 Å². The van der Waals surface area contributed by atoms with E-state index in [9.17, 15) is 4.79 Å². The third-order valence-electron chi connectivity index (χ3n) is 5.14. The predicted octanol–water partition coefficient (Wildman–Crippen LogP) is 1.07. The Hall–Kier alpha value is -3.62. The molecular weight excluding hydrogens is 380 g/mol. The molecule has 0 unspecified atom stereocenters. The van der Waals surface area contributed by atoms with Crippen molar-refractivity contribution in [3.63, 3.8) is 0 Å². The van der Waals surface area contributed by atoms with Crippen molar-refractivity contribution in [3.8, 4) is 5.69 Å². The van der Waals surface area contributed by atoms with E-state index in [1.54, 1.807) is 29.0 Å². The molecule has 0 saturated carbocycles. The molecule has 3 aromatic rings. The number of amides is 1. The fourth-order valence-corrected chi connectivity index (χ4v) is 3.56. The molecule has 0 aliphatic carbocycles. The summed E-state index contributed by atoms with van der Waals surface area (Å²) in [7, 11) is 3.60. The van der Waals surface area contributed by atoms with Crippen molar-refractivity contribution in [2.45, 2.75) is 6.42 Å². The number of carbonyl (C=O) groups excluding carboxylic acids is 1. The largest absolute Gasteiger partial charge is 0.356 e. The Kier molecular flexibility index (Phi) is 5.78. The summed E-state index contributed by atoms with van der Waals surface area (Å²) in [6, 6.07) is 10.3. The molecule has 1 aliphatic rings. The van der Waals surface area contributed by atoms with Crippen LogP contribution in [0.3, 0.4) is 0 Å². The quantitative estimate of drug-likeness (QED) is 0.506. The van der Waals surface area contributed by atoms with Gasteiger partial charge in [0.25, 0.3) is 0 Å². The molecule has 4 rings (SSSR count). The van der Waals surface area contributed by atoms with E-state index in [1.807, 2.05) is 35.1 Å². The van der Waals surface area contributed by atoms with Crippen LogP contribution in [0.25, 0.3) is 5.69 Å². The zero-order valence-corrected chi connectivity index (χ0v) is 17.3. The van der Waals surface area contributed by atoms with E-state index in [0.717, 1.165) is 36.8 Å². The predicted molar refractivity (Wildman–Crippen MR) is 116 cm³/mol. The Labute approximate surface area is 175 Å². The van der Waals surface area contributed by atoms with Gasteiger partial charge in [0.15, 0.2) is 5.96 Å². The van der Waals surface area contributed by atoms with Crippen molar-refractivity contribution in [2.24, 2.45) is 12.0 Å². The SMILES string of the molecule is CN=C(NCCc1ccc(-n2cccn2)cc1)N1CCN(c2cnn(C)c2)C(=O)C1. The summed E-state index contributed by atoms with van der Waals surface area (Å²) in [5.41, 5.74) is 3.10. The summed E-state index contributed by atoms with van der Waals surface area (Å²) in [5, 5.41) is 11.8. The van der Waals surface area contributed by atoms with Gasteiger partial charge in [0, 0.05) is 52.3 Å². The minimum absolute atomic E-state index is 0.0476. The molecule has 1 saturated heterocycles. The second-order valence-corrected chi connectivity index (χ2v) is 7.18. The molecule has 0 bridgehead atoms. The van der Waals surface area contributed by atoms with Crippen LogP contribution in [0, 0.1) is 0 Å². The number of aromatic nitrogens is 4. The van der Waals surface area contributed by atoms with Crippen LogP contribution in [0.2, 0.25) is 0 Å². The zero-order chi connectivity index (χ0) is 20.9. The Morgan fingerprint density at radius 3 is 2.63 bits per heavy atom. The number of hydrogen-bond donors (Lipinski definition) is 1. The number of anilines is 1. The number of aliphatic imine (C=N–C) groups is 1. The van der Waals surface area contributed by atoms with E-state index in [1.165, 1.54) is 5.56 Å². The molecule has 1 N–H and O–H groups in total. The molecular formula is C21H26N8O. The number of nitrogens with zero attached hydrogens (tertiary/aromatic N) is 7. The second kappa shape index (κ2) is 8.81. The highest BCUT2D eigenvalue weighted by Crippen LogP contribution is 2.16. The van der Waals surface area contributed by atoms with E-state index < -0.39 is 0 Å². The monoisotopic (exact) mass is 406 g/mol. The van der Waals surface area contributed by atoms with Gasteiger partial charge in [0.2, 0.25) is 5.91 Å². The number of benzene rings is 1. The number of piperazine rings is 1. The first-order chi connectivity index (χ1) is 14.6. The van der Waals surface area contributed by atoms with E-state index >= 15 is 0 Å². The van der Waals surface area contributed by atoms with Crippen LogP contribution >= 0.6 is 0 Å². The van der Waals surface area contributed by atoms with Crippen LogP contribution in [0.15, 0.2) is 60.1 Å². The Morgan fingerprint density at radius 2 is 2.00 bits per heavy atom. The number of rotatable bonds is 5. The first-order valence-corrected chi connectivity index (χ1v) is 9.97. The topological polar surface area (TPSA) is 83.6 Å². The second-order valence-electron chi connectivity index (χ2n) is 7.18. The molecule has 30 heavy (non-hydrogen) atoms. The lowest BCUT2D eigenvalue weighted by Gasteiger charge is -2.35. The lowest BCUT2D eigenvalue weighted by Crippen LogP contribution is -2.55. The van der Waals surface area contributed by atoms with Gasteiger partial charge in [-0.15, -0.1) is 0 Å². The van der Waals surface area contributed by atoms with Crippen molar-refractivity contribution in [1.29, 1.82) is 0 Å². The van der Waals surface area contributed by atoms with Crippen molar-refractivity contribution < 1.29 is 4.79 Å². The van der Waals surface area contributed by atoms with Crippen LogP contribution in [-0.4, -0.2) is 69.6 Å². The normalized spacial score (nSPS) is 15.0. The summed E-state index contributed by atoms with van der Waals surface area (Å²) < 4.78 is 3.54. The first-order valence-electron chi connectivity index (χ1n) is 9.97. The van der Waals surface area contributed by atoms with Gasteiger partial charge in [-0.05, 0) is 30.2 Å². The zero-order valence-electron chi connectivity index (χ0n) is 17.3. The highest BCUT2D eigenvalue weighted by Gasteiger charge is 2.27. The molecule has 3 heterocycles. The van der Waals surface area contributed by atoms with Crippen molar-refractivity contribution in [1.82, 2.24) is 29.8 Å². The third-order valence-corrected chi connectivity index (χ3v) is 5.14. The van der Waals surface area contributed by atoms with Crippen LogP contribution < -0.4 is 10.2 Å². The van der Waals surface area contributed by atoms with Crippen LogP contribution in [0.4, 0.5) is 5.69 Å². The lowest BCUT2D eigenvalue weighted by molar-refractivity contribution is -0.120. The average Bonchev–Trinajstić information content (AvgIpc) is 3.44. The number of hydrogen-bond acceptors (Lipinski definition) is 4. The molecule has 2 aromatic heterocycles. The Balaban J connectivity index is 1.28. The Bertz CT molecular complexity index is 1010. The summed E-state index contributed by atoms with van der Waals surface area (Å²) in [6.07, 6.45) is 8.14. The van der Waals surface area contributed by atoms with Gasteiger partial charge in [0.05, 0.1) is 17.6 Å². The van der Waals surface area contributed by atoms with Crippen LogP contribution in [0.5, 0.6) is 0 Å². The smallest absolute Gasteiger partial charge is 0.246 e. The van der Waals surface area contributed by atoms with Crippen molar-refractivity contribution in [2.75, 3.05) is 38.1 Å². The molecule has 1 aliphatic heterocycles. The average molecular weight is 406 g/mol. The molecule has 1 fully saturated rings. The van der Waals surface area contributed by atoms with Crippen molar-refractivity contribution >= 4 is 17.6 Å². The first kappa shape index (κ1) is 19.7. The number of guanidine groups is 1. The van der Waals surface area contributed by atoms with Gasteiger partial charge in [-0.1, -0.05) is 12.1 Å². The molecule has 1 aromatic carbocycles. The molecule has 0 spiro atoms. The van der Waals surface area contributed by atoms with Crippen LogP contribution in [-0.2, 0) is 18.3 Å². The van der Waals surface area contributed by atoms with Gasteiger partial charge in [0.1, 0.15) is 6.54 Å². The van der Waals surface area contributed by atoms with Crippen LogP contribution in [0.1, 0.15) is 5.56 Å². The standard InChI is InChI=1S/C21H26N8O/c1-22-21(27-12-13-28(20(30)16-27)19-14-25-26(2)15-19)23-10-8-17-4-6-18(7-5-17)29-11-3-9-24-29/h3-7,9,11,14-15H,8,10,12-13,16H2,1-2H3,(H,22,23). The minimum atomic E-state index is 0.0476. The van der Waals surface area contributed by atoms with Gasteiger partial charge < -0.3 is 15.1 Å². The molecule has 9 heteroatoms. The van der Waals surface area contributed by atoms with E-state index in [-0.39, 0.29) is 5.91 Å². The summed E-state index contributed by atoms with van der Waals surface area (Å²) in [5.74, 6) is 0.800. The maximum Gasteiger partial charge on any atom is 0.246 e. The molecule has 0 radical (unpaired) electrons. The number of nitrogens with one attached hydrogen (secondary N) is 1.